The van der Waals surface area contributed by atoms with Crippen molar-refractivity contribution < 1.29 is 42.2 Å². The van der Waals surface area contributed by atoms with Gasteiger partial charge in [0.25, 0.3) is 0 Å². The van der Waals surface area contributed by atoms with Gasteiger partial charge in [0.2, 0.25) is 0 Å². The molecule has 1 aromatic rings. The number of ether oxygens (including phenoxy) is 1. The summed E-state index contributed by atoms with van der Waals surface area (Å²) in [6.45, 7) is 0.262. The molecule has 0 bridgehead atoms. The predicted molar refractivity (Wildman–Crippen MR) is 63.9 cm³/mol. The van der Waals surface area contributed by atoms with Crippen LogP contribution in [0.15, 0.2) is 30.3 Å². The smallest absolute Gasteiger partial charge is 0.145 e. The van der Waals surface area contributed by atoms with Crippen LogP contribution in [0.1, 0.15) is 25.7 Å². The normalized spacial score (nSPS) is 18.2. The van der Waals surface area contributed by atoms with Crippen LogP contribution in [0.25, 0.3) is 0 Å². The first-order chi connectivity index (χ1) is 7.93. The molecule has 0 aliphatic heterocycles. The molecule has 1 atom stereocenters. The van der Waals surface area contributed by atoms with E-state index in [0.29, 0.717) is 6.10 Å². The molecule has 3 heteroatoms. The first kappa shape index (κ1) is 17.0. The van der Waals surface area contributed by atoms with Gasteiger partial charge in [-0.15, -0.1) is 0 Å². The van der Waals surface area contributed by atoms with Gasteiger partial charge in [0, 0.05) is 38.8 Å². The minimum absolute atomic E-state index is 0. The van der Waals surface area contributed by atoms with Crippen molar-refractivity contribution in [2.24, 2.45) is 0 Å². The van der Waals surface area contributed by atoms with Crippen LogP contribution in [-0.4, -0.2) is 19.0 Å². The van der Waals surface area contributed by atoms with E-state index in [9.17, 15) is 4.79 Å². The summed E-state index contributed by atoms with van der Waals surface area (Å²) in [5.74, 6) is 0. The number of aldehydes is 1. The topological polar surface area (TPSA) is 26.3 Å². The van der Waals surface area contributed by atoms with E-state index in [-0.39, 0.29) is 39.3 Å². The zero-order chi connectivity index (χ0) is 11.5. The molecule has 0 aromatic heterocycles. The largest absolute Gasteiger partial charge is 0.373 e. The Kier molecular flexibility index (Phi) is 12.4. The van der Waals surface area contributed by atoms with E-state index in [2.05, 4.69) is 12.5 Å². The average Bonchev–Trinajstić information content (AvgIpc) is 2.40. The molecule has 1 fully saturated rings. The Bertz CT molecular complexity index is 231. The fraction of sp³-hybridized carbons (Fsp3) is 0.429. The standard InChI is InChI=1S/C8H13O2.C6H5.Y/c9-6-7-10-8-4-2-1-3-5-8;1-2-4-6-5-3-1;/h2,6,8H,1,3-5,7H2;1-5H;/q2*-1;/t8-;;/m1../s1. The second-order valence-electron chi connectivity index (χ2n) is 3.65. The molecule has 1 radical (unpaired) electrons. The summed E-state index contributed by atoms with van der Waals surface area (Å²) in [6, 6.07) is 12.5. The maximum absolute atomic E-state index is 9.91. The van der Waals surface area contributed by atoms with Crippen molar-refractivity contribution in [2.75, 3.05) is 6.61 Å². The molecule has 0 unspecified atom stereocenters. The molecule has 0 saturated heterocycles. The third kappa shape index (κ3) is 9.64. The Morgan fingerprint density at radius 1 is 1.35 bits per heavy atom. The third-order valence-corrected chi connectivity index (χ3v) is 2.37. The van der Waals surface area contributed by atoms with Crippen molar-refractivity contribution in [1.82, 2.24) is 0 Å². The summed E-state index contributed by atoms with van der Waals surface area (Å²) in [5, 5.41) is 0. The SMILES string of the molecule is O=CCO[C@@H]1C[CH-]CCC1.[Y].[c-]1ccccc1. The van der Waals surface area contributed by atoms with Crippen LogP contribution >= 0.6 is 0 Å². The van der Waals surface area contributed by atoms with E-state index in [1.54, 1.807) is 0 Å². The number of hydrogen-bond acceptors (Lipinski definition) is 2. The number of carbonyl (C=O) groups excluding carboxylic acids is 1. The van der Waals surface area contributed by atoms with Gasteiger partial charge in [0.15, 0.2) is 0 Å². The molecular weight excluding hydrogens is 289 g/mol. The van der Waals surface area contributed by atoms with Gasteiger partial charge in [0.05, 0.1) is 0 Å². The van der Waals surface area contributed by atoms with Gasteiger partial charge in [-0.1, -0.05) is 6.42 Å². The molecule has 0 heterocycles. The van der Waals surface area contributed by atoms with Gasteiger partial charge >= 0.3 is 0 Å². The molecule has 0 spiro atoms. The number of hydrogen-bond donors (Lipinski definition) is 0. The summed E-state index contributed by atoms with van der Waals surface area (Å²) < 4.78 is 5.23. The van der Waals surface area contributed by atoms with E-state index in [4.69, 9.17) is 4.74 Å². The van der Waals surface area contributed by atoms with Crippen molar-refractivity contribution in [1.29, 1.82) is 0 Å². The molecule has 1 saturated carbocycles. The summed E-state index contributed by atoms with van der Waals surface area (Å²) in [7, 11) is 0. The molecule has 1 aliphatic carbocycles. The summed E-state index contributed by atoms with van der Waals surface area (Å²) in [4.78, 5) is 9.91. The average molecular weight is 307 g/mol. The van der Waals surface area contributed by atoms with Crippen LogP contribution in [0.4, 0.5) is 0 Å². The van der Waals surface area contributed by atoms with Gasteiger partial charge in [-0.25, -0.2) is 0 Å². The summed E-state index contributed by atoms with van der Waals surface area (Å²) in [6.07, 6.45) is 7.93. The van der Waals surface area contributed by atoms with Gasteiger partial charge in [0.1, 0.15) is 12.9 Å². The number of rotatable bonds is 3. The molecule has 1 aliphatic rings. The fourth-order valence-corrected chi connectivity index (χ4v) is 1.58. The van der Waals surface area contributed by atoms with E-state index in [1.165, 1.54) is 12.8 Å². The van der Waals surface area contributed by atoms with E-state index in [0.717, 1.165) is 19.1 Å². The summed E-state index contributed by atoms with van der Waals surface area (Å²) in [5.41, 5.74) is 0. The summed E-state index contributed by atoms with van der Waals surface area (Å²) >= 11 is 0. The molecular formula is C14H18O2Y-2. The van der Waals surface area contributed by atoms with Crippen molar-refractivity contribution in [3.8, 4) is 0 Å². The number of carbonyl (C=O) groups is 1. The molecule has 2 nitrogen and oxygen atoms in total. The van der Waals surface area contributed by atoms with Crippen LogP contribution in [0.2, 0.25) is 0 Å². The van der Waals surface area contributed by atoms with Crippen LogP contribution in [-0.2, 0) is 42.2 Å². The fourth-order valence-electron chi connectivity index (χ4n) is 1.58. The molecule has 2 rings (SSSR count). The minimum atomic E-state index is 0. The molecule has 0 amide bonds. The Labute approximate surface area is 129 Å². The van der Waals surface area contributed by atoms with Crippen molar-refractivity contribution in [2.45, 2.75) is 31.8 Å². The molecule has 0 N–H and O–H groups in total. The van der Waals surface area contributed by atoms with E-state index in [1.807, 2.05) is 30.3 Å². The first-order valence-electron chi connectivity index (χ1n) is 5.71. The zero-order valence-electron chi connectivity index (χ0n) is 10.0. The van der Waals surface area contributed by atoms with Gasteiger partial charge in [-0.05, 0) is 6.42 Å². The zero-order valence-corrected chi connectivity index (χ0v) is 12.9. The molecule has 17 heavy (non-hydrogen) atoms. The van der Waals surface area contributed by atoms with E-state index >= 15 is 0 Å². The van der Waals surface area contributed by atoms with Crippen LogP contribution < -0.4 is 0 Å². The number of benzene rings is 1. The molecule has 91 valence electrons. The Morgan fingerprint density at radius 2 is 2.12 bits per heavy atom. The Balaban J connectivity index is 0.000000316. The minimum Gasteiger partial charge on any atom is -0.373 e. The maximum atomic E-state index is 9.91. The van der Waals surface area contributed by atoms with Crippen molar-refractivity contribution >= 4 is 6.29 Å². The third-order valence-electron chi connectivity index (χ3n) is 2.37. The second-order valence-corrected chi connectivity index (χ2v) is 3.65. The van der Waals surface area contributed by atoms with Crippen molar-refractivity contribution in [3.05, 3.63) is 42.8 Å². The second kappa shape index (κ2) is 12.4. The Morgan fingerprint density at radius 3 is 2.53 bits per heavy atom. The van der Waals surface area contributed by atoms with Crippen LogP contribution in [0, 0.1) is 12.5 Å². The van der Waals surface area contributed by atoms with Crippen LogP contribution in [0.3, 0.4) is 0 Å². The predicted octanol–water partition coefficient (Wildman–Crippen LogP) is 2.83. The quantitative estimate of drug-likeness (QED) is 0.634. The maximum Gasteiger partial charge on any atom is 0.145 e. The first-order valence-corrected chi connectivity index (χ1v) is 5.71. The van der Waals surface area contributed by atoms with Crippen molar-refractivity contribution in [3.63, 3.8) is 0 Å². The Hall–Kier alpha value is -0.0461. The molecule has 1 aromatic carbocycles. The van der Waals surface area contributed by atoms with Gasteiger partial charge in [-0.3, -0.25) is 0 Å². The van der Waals surface area contributed by atoms with Gasteiger partial charge in [-0.2, -0.15) is 49.2 Å². The van der Waals surface area contributed by atoms with Gasteiger partial charge < -0.3 is 16.0 Å². The van der Waals surface area contributed by atoms with Crippen LogP contribution in [0.5, 0.6) is 0 Å². The monoisotopic (exact) mass is 307 g/mol. The van der Waals surface area contributed by atoms with E-state index < -0.39 is 0 Å².